The highest BCUT2D eigenvalue weighted by Gasteiger charge is 2.01. The summed E-state index contributed by atoms with van der Waals surface area (Å²) in [5, 5.41) is 3.19. The normalized spacial score (nSPS) is 10.1. The summed E-state index contributed by atoms with van der Waals surface area (Å²) in [6.45, 7) is 1.87. The average molecular weight is 215 g/mol. The largest absolute Gasteiger partial charge is 0.399 e. The molecule has 2 rings (SSSR count). The van der Waals surface area contributed by atoms with Crippen molar-refractivity contribution in [3.05, 3.63) is 36.2 Å². The van der Waals surface area contributed by atoms with Crippen molar-refractivity contribution in [1.82, 2.24) is 9.97 Å². The maximum atomic E-state index is 5.60. The van der Waals surface area contributed by atoms with Crippen LogP contribution < -0.4 is 16.8 Å². The number of nitrogens with zero attached hydrogens (tertiary/aromatic N) is 2. The van der Waals surface area contributed by atoms with Crippen LogP contribution in [0, 0.1) is 6.92 Å². The summed E-state index contributed by atoms with van der Waals surface area (Å²) in [4.78, 5) is 8.00. The van der Waals surface area contributed by atoms with E-state index in [0.29, 0.717) is 0 Å². The topological polar surface area (TPSA) is 89.8 Å². The molecule has 5 N–H and O–H groups in total. The van der Waals surface area contributed by atoms with Crippen LogP contribution in [0.3, 0.4) is 0 Å². The van der Waals surface area contributed by atoms with Crippen LogP contribution >= 0.6 is 0 Å². The van der Waals surface area contributed by atoms with Crippen LogP contribution in [0.1, 0.15) is 5.69 Å². The maximum Gasteiger partial charge on any atom is 0.220 e. The molecule has 1 aromatic heterocycles. The molecule has 0 aliphatic rings. The summed E-state index contributed by atoms with van der Waals surface area (Å²) in [7, 11) is 0. The van der Waals surface area contributed by atoms with Crippen molar-refractivity contribution in [3.63, 3.8) is 0 Å². The minimum absolute atomic E-state index is 0.278. The summed E-state index contributed by atoms with van der Waals surface area (Å²) >= 11 is 0. The van der Waals surface area contributed by atoms with E-state index in [1.54, 1.807) is 6.20 Å². The highest BCUT2D eigenvalue weighted by atomic mass is 15.0. The molecule has 0 bridgehead atoms. The Bertz CT molecular complexity index is 492. The molecule has 0 unspecified atom stereocenters. The predicted molar refractivity (Wildman–Crippen MR) is 65.3 cm³/mol. The van der Waals surface area contributed by atoms with E-state index in [9.17, 15) is 0 Å². The van der Waals surface area contributed by atoms with Crippen molar-refractivity contribution in [2.75, 3.05) is 16.8 Å². The van der Waals surface area contributed by atoms with Crippen molar-refractivity contribution in [2.45, 2.75) is 6.92 Å². The lowest BCUT2D eigenvalue weighted by molar-refractivity contribution is 1.12. The number of benzene rings is 1. The van der Waals surface area contributed by atoms with Crippen molar-refractivity contribution in [2.24, 2.45) is 0 Å². The van der Waals surface area contributed by atoms with Gasteiger partial charge in [-0.2, -0.15) is 0 Å². The van der Waals surface area contributed by atoms with E-state index in [1.165, 1.54) is 0 Å². The zero-order valence-corrected chi connectivity index (χ0v) is 8.94. The number of rotatable bonds is 2. The Morgan fingerprint density at radius 1 is 1.12 bits per heavy atom. The minimum atomic E-state index is 0.278. The molecule has 0 fully saturated rings. The Balaban J connectivity index is 2.23. The number of anilines is 4. The number of nitrogens with two attached hydrogens (primary N) is 2. The first-order chi connectivity index (χ1) is 7.65. The van der Waals surface area contributed by atoms with Gasteiger partial charge >= 0.3 is 0 Å². The van der Waals surface area contributed by atoms with Gasteiger partial charge in [-0.25, -0.2) is 9.97 Å². The Labute approximate surface area is 93.5 Å². The van der Waals surface area contributed by atoms with E-state index in [1.807, 2.05) is 31.2 Å². The van der Waals surface area contributed by atoms with E-state index < -0.39 is 0 Å². The number of hydrogen-bond acceptors (Lipinski definition) is 5. The van der Waals surface area contributed by atoms with Gasteiger partial charge in [0.25, 0.3) is 0 Å². The van der Waals surface area contributed by atoms with Gasteiger partial charge in [0, 0.05) is 11.4 Å². The summed E-state index contributed by atoms with van der Waals surface area (Å²) in [6.07, 6.45) is 1.66. The van der Waals surface area contributed by atoms with Crippen LogP contribution in [0.15, 0.2) is 30.5 Å². The highest BCUT2D eigenvalue weighted by Crippen LogP contribution is 2.19. The number of aryl methyl sites for hydroxylation is 1. The lowest BCUT2D eigenvalue weighted by Gasteiger charge is -2.08. The van der Waals surface area contributed by atoms with Crippen molar-refractivity contribution in [1.29, 1.82) is 0 Å². The first kappa shape index (κ1) is 10.2. The third kappa shape index (κ3) is 2.20. The summed E-state index contributed by atoms with van der Waals surface area (Å²) in [5.74, 6) is 0.278. The van der Waals surface area contributed by atoms with Crippen LogP contribution in [0.5, 0.6) is 0 Å². The molecule has 5 heteroatoms. The van der Waals surface area contributed by atoms with Gasteiger partial charge in [0.05, 0.1) is 17.6 Å². The molecule has 0 amide bonds. The van der Waals surface area contributed by atoms with E-state index in [0.717, 1.165) is 22.8 Å². The molecule has 0 aliphatic carbocycles. The van der Waals surface area contributed by atoms with E-state index in [-0.39, 0.29) is 5.95 Å². The molecule has 0 aliphatic heterocycles. The van der Waals surface area contributed by atoms with Crippen molar-refractivity contribution in [3.8, 4) is 0 Å². The average Bonchev–Trinajstić information content (AvgIpc) is 2.25. The third-order valence-corrected chi connectivity index (χ3v) is 2.19. The summed E-state index contributed by atoms with van der Waals surface area (Å²) in [5.41, 5.74) is 14.4. The smallest absolute Gasteiger partial charge is 0.220 e. The van der Waals surface area contributed by atoms with Crippen LogP contribution in [0.25, 0.3) is 0 Å². The van der Waals surface area contributed by atoms with E-state index in [4.69, 9.17) is 11.5 Å². The van der Waals surface area contributed by atoms with Gasteiger partial charge in [-0.1, -0.05) is 0 Å². The fraction of sp³-hybridized carbons (Fsp3) is 0.0909. The quantitative estimate of drug-likeness (QED) is 0.663. The van der Waals surface area contributed by atoms with Gasteiger partial charge in [-0.05, 0) is 31.2 Å². The second-order valence-corrected chi connectivity index (χ2v) is 3.47. The van der Waals surface area contributed by atoms with Crippen LogP contribution in [-0.2, 0) is 0 Å². The zero-order valence-electron chi connectivity index (χ0n) is 8.94. The molecule has 0 spiro atoms. The van der Waals surface area contributed by atoms with Crippen LogP contribution in [-0.4, -0.2) is 9.97 Å². The minimum Gasteiger partial charge on any atom is -0.399 e. The first-order valence-corrected chi connectivity index (χ1v) is 4.87. The zero-order chi connectivity index (χ0) is 11.5. The summed E-state index contributed by atoms with van der Waals surface area (Å²) in [6, 6.07) is 7.45. The first-order valence-electron chi connectivity index (χ1n) is 4.87. The standard InChI is InChI=1S/C11H13N5/c1-7-10(6-14-11(13)15-7)16-9-4-2-8(12)3-5-9/h2-6,16H,12H2,1H3,(H2,13,14,15). The Hall–Kier alpha value is -2.30. The fourth-order valence-corrected chi connectivity index (χ4v) is 1.33. The van der Waals surface area contributed by atoms with Crippen molar-refractivity contribution >= 4 is 23.0 Å². The van der Waals surface area contributed by atoms with E-state index >= 15 is 0 Å². The lowest BCUT2D eigenvalue weighted by Crippen LogP contribution is -2.01. The molecule has 0 saturated carbocycles. The molecule has 0 radical (unpaired) electrons. The second-order valence-electron chi connectivity index (χ2n) is 3.47. The Morgan fingerprint density at radius 3 is 2.44 bits per heavy atom. The molecule has 0 saturated heterocycles. The molecule has 1 aromatic carbocycles. The number of hydrogen-bond donors (Lipinski definition) is 3. The van der Waals surface area contributed by atoms with Gasteiger partial charge < -0.3 is 16.8 Å². The van der Waals surface area contributed by atoms with E-state index in [2.05, 4.69) is 15.3 Å². The SMILES string of the molecule is Cc1nc(N)ncc1Nc1ccc(N)cc1. The molecular weight excluding hydrogens is 202 g/mol. The molecular formula is C11H13N5. The van der Waals surface area contributed by atoms with Crippen LogP contribution in [0.4, 0.5) is 23.0 Å². The third-order valence-electron chi connectivity index (χ3n) is 2.19. The Morgan fingerprint density at radius 2 is 1.81 bits per heavy atom. The van der Waals surface area contributed by atoms with Gasteiger partial charge in [-0.15, -0.1) is 0 Å². The number of nitrogen functional groups attached to an aromatic ring is 2. The van der Waals surface area contributed by atoms with Gasteiger partial charge in [-0.3, -0.25) is 0 Å². The number of nitrogens with one attached hydrogen (secondary N) is 1. The maximum absolute atomic E-state index is 5.60. The van der Waals surface area contributed by atoms with Gasteiger partial charge in [0.2, 0.25) is 5.95 Å². The molecule has 0 atom stereocenters. The predicted octanol–water partition coefficient (Wildman–Crippen LogP) is 1.69. The highest BCUT2D eigenvalue weighted by molar-refractivity contribution is 5.63. The Kier molecular flexibility index (Phi) is 2.59. The van der Waals surface area contributed by atoms with Crippen molar-refractivity contribution < 1.29 is 0 Å². The molecule has 82 valence electrons. The van der Waals surface area contributed by atoms with Gasteiger partial charge in [0.1, 0.15) is 0 Å². The molecule has 16 heavy (non-hydrogen) atoms. The summed E-state index contributed by atoms with van der Waals surface area (Å²) < 4.78 is 0. The lowest BCUT2D eigenvalue weighted by atomic mass is 10.2. The second kappa shape index (κ2) is 4.06. The monoisotopic (exact) mass is 215 g/mol. The molecule has 5 nitrogen and oxygen atoms in total. The number of aromatic nitrogens is 2. The molecule has 2 aromatic rings. The fourth-order valence-electron chi connectivity index (χ4n) is 1.33. The molecule has 1 heterocycles. The van der Waals surface area contributed by atoms with Crippen LogP contribution in [0.2, 0.25) is 0 Å². The van der Waals surface area contributed by atoms with Gasteiger partial charge in [0.15, 0.2) is 0 Å².